The minimum absolute atomic E-state index is 0.0122. The molecule has 2 amide bonds. The van der Waals surface area contributed by atoms with Gasteiger partial charge < -0.3 is 10.1 Å². The van der Waals surface area contributed by atoms with Crippen LogP contribution in [0.2, 0.25) is 5.02 Å². The Balaban J connectivity index is 1.62. The van der Waals surface area contributed by atoms with Crippen LogP contribution in [0.5, 0.6) is 0 Å². The fourth-order valence-electron chi connectivity index (χ4n) is 3.41. The number of para-hydroxylation sites is 2. The Hall–Kier alpha value is -2.90. The summed E-state index contributed by atoms with van der Waals surface area (Å²) in [6, 6.07) is 13.8. The zero-order chi connectivity index (χ0) is 19.7. The summed E-state index contributed by atoms with van der Waals surface area (Å²) in [5.74, 6) is 0.141. The number of nitrogens with one attached hydrogen (secondary N) is 1. The molecule has 0 unspecified atom stereocenters. The summed E-state index contributed by atoms with van der Waals surface area (Å²) >= 11 is 5.88. The van der Waals surface area contributed by atoms with Gasteiger partial charge in [0, 0.05) is 17.8 Å². The lowest BCUT2D eigenvalue weighted by Crippen LogP contribution is -2.33. The van der Waals surface area contributed by atoms with E-state index < -0.39 is 6.04 Å². The molecule has 1 aromatic heterocycles. The third kappa shape index (κ3) is 3.34. The average Bonchev–Trinajstić information content (AvgIpc) is 3.17. The Bertz CT molecular complexity index is 1030. The first-order valence-corrected chi connectivity index (χ1v) is 9.29. The maximum atomic E-state index is 13.0. The summed E-state index contributed by atoms with van der Waals surface area (Å²) < 4.78 is 6.97. The molecule has 2 aromatic carbocycles. The van der Waals surface area contributed by atoms with Crippen molar-refractivity contribution >= 4 is 46.1 Å². The number of anilines is 2. The molecule has 8 heteroatoms. The maximum absolute atomic E-state index is 13.0. The van der Waals surface area contributed by atoms with Gasteiger partial charge in [-0.3, -0.25) is 19.1 Å². The van der Waals surface area contributed by atoms with Crippen molar-refractivity contribution in [3.63, 3.8) is 0 Å². The Kier molecular flexibility index (Phi) is 5.02. The van der Waals surface area contributed by atoms with Crippen molar-refractivity contribution in [2.24, 2.45) is 0 Å². The molecule has 2 heterocycles. The highest BCUT2D eigenvalue weighted by atomic mass is 35.5. The van der Waals surface area contributed by atoms with Gasteiger partial charge in [-0.25, -0.2) is 4.98 Å². The van der Waals surface area contributed by atoms with Gasteiger partial charge in [0.2, 0.25) is 11.9 Å². The molecule has 1 N–H and O–H groups in total. The predicted octanol–water partition coefficient (Wildman–Crippen LogP) is 3.25. The first-order valence-electron chi connectivity index (χ1n) is 8.91. The summed E-state index contributed by atoms with van der Waals surface area (Å²) in [6.07, 6.45) is 0.0122. The van der Waals surface area contributed by atoms with Crippen LogP contribution in [0, 0.1) is 0 Å². The number of aromatic nitrogens is 2. The molecule has 1 aliphatic heterocycles. The molecule has 0 radical (unpaired) electrons. The number of carbonyl (C=O) groups is 2. The summed E-state index contributed by atoms with van der Waals surface area (Å²) in [7, 11) is 1.58. The molecule has 7 nitrogen and oxygen atoms in total. The molecule has 4 rings (SSSR count). The van der Waals surface area contributed by atoms with Gasteiger partial charge >= 0.3 is 0 Å². The van der Waals surface area contributed by atoms with Crippen LogP contribution in [0.25, 0.3) is 11.0 Å². The van der Waals surface area contributed by atoms with E-state index in [1.54, 1.807) is 36.3 Å². The maximum Gasteiger partial charge on any atom is 0.253 e. The highest BCUT2D eigenvalue weighted by molar-refractivity contribution is 6.30. The Morgan fingerprint density at radius 1 is 1.21 bits per heavy atom. The monoisotopic (exact) mass is 398 g/mol. The molecule has 1 atom stereocenters. The van der Waals surface area contributed by atoms with E-state index in [0.29, 0.717) is 29.8 Å². The van der Waals surface area contributed by atoms with Crippen molar-refractivity contribution in [1.82, 2.24) is 9.55 Å². The van der Waals surface area contributed by atoms with Crippen molar-refractivity contribution in [3.8, 4) is 0 Å². The Labute approximate surface area is 166 Å². The number of nitrogens with zero attached hydrogens (tertiary/aromatic N) is 3. The zero-order valence-electron chi connectivity index (χ0n) is 15.3. The Morgan fingerprint density at radius 2 is 1.96 bits per heavy atom. The van der Waals surface area contributed by atoms with Gasteiger partial charge in [0.1, 0.15) is 6.04 Å². The molecule has 0 fully saturated rings. The van der Waals surface area contributed by atoms with E-state index in [9.17, 15) is 9.59 Å². The van der Waals surface area contributed by atoms with Crippen molar-refractivity contribution in [3.05, 3.63) is 53.6 Å². The van der Waals surface area contributed by atoms with Crippen molar-refractivity contribution in [2.45, 2.75) is 12.5 Å². The summed E-state index contributed by atoms with van der Waals surface area (Å²) in [5.41, 5.74) is 2.25. The van der Waals surface area contributed by atoms with E-state index in [4.69, 9.17) is 16.3 Å². The topological polar surface area (TPSA) is 76.5 Å². The minimum atomic E-state index is -0.647. The molecule has 0 bridgehead atoms. The largest absolute Gasteiger partial charge is 0.383 e. The second-order valence-electron chi connectivity index (χ2n) is 6.53. The zero-order valence-corrected chi connectivity index (χ0v) is 16.0. The van der Waals surface area contributed by atoms with Gasteiger partial charge in [0.25, 0.3) is 5.91 Å². The van der Waals surface area contributed by atoms with Crippen LogP contribution >= 0.6 is 11.6 Å². The number of methoxy groups -OCH3 is 1. The van der Waals surface area contributed by atoms with Crippen LogP contribution in [0.1, 0.15) is 12.5 Å². The van der Waals surface area contributed by atoms with E-state index in [-0.39, 0.29) is 18.2 Å². The van der Waals surface area contributed by atoms with Gasteiger partial charge in [-0.05, 0) is 36.4 Å². The number of halogens is 1. The lowest BCUT2D eigenvalue weighted by molar-refractivity contribution is -0.124. The van der Waals surface area contributed by atoms with Crippen LogP contribution in [-0.2, 0) is 14.3 Å². The minimum Gasteiger partial charge on any atom is -0.383 e. The summed E-state index contributed by atoms with van der Waals surface area (Å²) in [5, 5.41) is 3.41. The standard InChI is InChI=1S/C20H19ClN4O3/c1-28-11-10-24-19(27)17(12-18(26)22-14-8-6-13(21)7-9-14)25-16-5-3-2-4-15(16)23-20(24)25/h2-9,17H,10-12H2,1H3,(H,22,26)/t17-/m1/s1. The number of rotatable bonds is 6. The number of hydrogen-bond acceptors (Lipinski definition) is 4. The van der Waals surface area contributed by atoms with Gasteiger partial charge in [0.05, 0.1) is 30.6 Å². The van der Waals surface area contributed by atoms with E-state index in [1.807, 2.05) is 28.8 Å². The van der Waals surface area contributed by atoms with Gasteiger partial charge in [-0.1, -0.05) is 23.7 Å². The SMILES string of the molecule is COCCN1C(=O)[C@@H](CC(=O)Nc2ccc(Cl)cc2)n2c1nc1ccccc12. The molecule has 0 spiro atoms. The lowest BCUT2D eigenvalue weighted by Gasteiger charge is -2.15. The van der Waals surface area contributed by atoms with E-state index in [0.717, 1.165) is 11.0 Å². The first-order chi connectivity index (χ1) is 13.6. The third-order valence-corrected chi connectivity index (χ3v) is 4.96. The molecule has 3 aromatic rings. The highest BCUT2D eigenvalue weighted by Crippen LogP contribution is 2.36. The fraction of sp³-hybridized carbons (Fsp3) is 0.250. The third-order valence-electron chi connectivity index (χ3n) is 4.71. The van der Waals surface area contributed by atoms with Gasteiger partial charge in [-0.2, -0.15) is 0 Å². The molecule has 28 heavy (non-hydrogen) atoms. The number of imidazole rings is 1. The molecular formula is C20H19ClN4O3. The molecular weight excluding hydrogens is 380 g/mol. The van der Waals surface area contributed by atoms with Crippen molar-refractivity contribution < 1.29 is 14.3 Å². The molecule has 144 valence electrons. The number of fused-ring (bicyclic) bond motifs is 3. The average molecular weight is 399 g/mol. The van der Waals surface area contributed by atoms with E-state index in [1.165, 1.54) is 0 Å². The lowest BCUT2D eigenvalue weighted by atomic mass is 10.1. The number of benzene rings is 2. The van der Waals surface area contributed by atoms with Crippen LogP contribution in [0.4, 0.5) is 11.6 Å². The van der Waals surface area contributed by atoms with Crippen molar-refractivity contribution in [2.75, 3.05) is 30.5 Å². The summed E-state index contributed by atoms with van der Waals surface area (Å²) in [6.45, 7) is 0.770. The highest BCUT2D eigenvalue weighted by Gasteiger charge is 2.40. The summed E-state index contributed by atoms with van der Waals surface area (Å²) in [4.78, 5) is 31.8. The number of carbonyl (C=O) groups excluding carboxylic acids is 2. The second-order valence-corrected chi connectivity index (χ2v) is 6.96. The van der Waals surface area contributed by atoms with Crippen LogP contribution in [0.3, 0.4) is 0 Å². The molecule has 1 aliphatic rings. The van der Waals surface area contributed by atoms with Crippen LogP contribution in [0.15, 0.2) is 48.5 Å². The smallest absolute Gasteiger partial charge is 0.253 e. The van der Waals surface area contributed by atoms with E-state index >= 15 is 0 Å². The Morgan fingerprint density at radius 3 is 2.71 bits per heavy atom. The van der Waals surface area contributed by atoms with Crippen molar-refractivity contribution in [1.29, 1.82) is 0 Å². The van der Waals surface area contributed by atoms with Gasteiger partial charge in [-0.15, -0.1) is 0 Å². The predicted molar refractivity (Wildman–Crippen MR) is 108 cm³/mol. The molecule has 0 aliphatic carbocycles. The number of hydrogen-bond donors (Lipinski definition) is 1. The fourth-order valence-corrected chi connectivity index (χ4v) is 3.54. The second kappa shape index (κ2) is 7.61. The van der Waals surface area contributed by atoms with Crippen LogP contribution in [-0.4, -0.2) is 41.6 Å². The number of ether oxygens (including phenoxy) is 1. The molecule has 0 saturated heterocycles. The van der Waals surface area contributed by atoms with Gasteiger partial charge in [0.15, 0.2) is 0 Å². The molecule has 0 saturated carbocycles. The normalized spacial score (nSPS) is 15.9. The number of amides is 2. The van der Waals surface area contributed by atoms with E-state index in [2.05, 4.69) is 10.3 Å². The first kappa shape index (κ1) is 18.5. The quantitative estimate of drug-likeness (QED) is 0.691. The van der Waals surface area contributed by atoms with Crippen LogP contribution < -0.4 is 10.2 Å².